The maximum atomic E-state index is 10.9. The van der Waals surface area contributed by atoms with E-state index in [4.69, 9.17) is 12.3 Å². The van der Waals surface area contributed by atoms with Crippen LogP contribution in [0.15, 0.2) is 24.3 Å². The summed E-state index contributed by atoms with van der Waals surface area (Å²) in [5.41, 5.74) is 6.29. The Kier molecular flexibility index (Phi) is 2.94. The lowest BCUT2D eigenvalue weighted by Gasteiger charge is -2.06. The van der Waals surface area contributed by atoms with Gasteiger partial charge in [0.1, 0.15) is 6.04 Å². The predicted molar refractivity (Wildman–Crippen MR) is 52.7 cm³/mol. The van der Waals surface area contributed by atoms with Gasteiger partial charge in [-0.15, -0.1) is 0 Å². The Morgan fingerprint density at radius 3 is 2.47 bits per heavy atom. The van der Waals surface area contributed by atoms with Crippen LogP contribution in [0.1, 0.15) is 15.9 Å². The van der Waals surface area contributed by atoms with Crippen molar-refractivity contribution in [2.45, 2.75) is 12.5 Å². The van der Waals surface area contributed by atoms with Crippen molar-refractivity contribution in [2.24, 2.45) is 5.73 Å². The summed E-state index contributed by atoms with van der Waals surface area (Å²) in [4.78, 5) is 21.4. The van der Waals surface area contributed by atoms with E-state index in [1.54, 1.807) is 12.1 Å². The molecular weight excluding hydrogens is 198 g/mol. The minimum absolute atomic E-state index is 0.186. The van der Waals surface area contributed by atoms with Crippen molar-refractivity contribution in [2.75, 3.05) is 0 Å². The third-order valence-electron chi connectivity index (χ3n) is 1.96. The van der Waals surface area contributed by atoms with Crippen LogP contribution >= 0.6 is 0 Å². The van der Waals surface area contributed by atoms with E-state index in [-0.39, 0.29) is 12.0 Å². The van der Waals surface area contributed by atoms with Gasteiger partial charge in [0, 0.05) is 0 Å². The molecule has 1 aromatic rings. The van der Waals surface area contributed by atoms with Crippen LogP contribution in [0.25, 0.3) is 1.43 Å². The molecule has 0 aromatic heterocycles. The topological polar surface area (TPSA) is 101 Å². The second-order valence-corrected chi connectivity index (χ2v) is 3.13. The SMILES string of the molecule is [2H]OC(=O)c1ccc(C[C@H](N)C(=O)O)cc1. The van der Waals surface area contributed by atoms with Crippen molar-refractivity contribution >= 4 is 11.9 Å². The zero-order valence-corrected chi connectivity index (χ0v) is 7.84. The Morgan fingerprint density at radius 2 is 2.00 bits per heavy atom. The van der Waals surface area contributed by atoms with Gasteiger partial charge in [-0.25, -0.2) is 4.79 Å². The van der Waals surface area contributed by atoms with E-state index in [2.05, 4.69) is 5.11 Å². The molecule has 80 valence electrons. The van der Waals surface area contributed by atoms with Crippen molar-refractivity contribution in [1.82, 2.24) is 0 Å². The van der Waals surface area contributed by atoms with Crippen LogP contribution in [0.2, 0.25) is 0 Å². The number of benzene rings is 1. The van der Waals surface area contributed by atoms with Gasteiger partial charge in [0.15, 0.2) is 0 Å². The van der Waals surface area contributed by atoms with E-state index in [1.807, 2.05) is 0 Å². The molecule has 0 aliphatic rings. The standard InChI is InChI=1S/C10H11NO4/c11-8(10(14)15)5-6-1-3-7(4-2-6)9(12)13/h1-4,8H,5,11H2,(H,12,13)(H,14,15)/t8-/m0/s1/i/hD. The molecule has 0 amide bonds. The molecule has 5 heteroatoms. The number of aromatic carboxylic acids is 1. The fraction of sp³-hybridized carbons (Fsp3) is 0.200. The molecule has 1 rings (SSSR count). The summed E-state index contributed by atoms with van der Waals surface area (Å²) in [6.45, 7) is 0. The zero-order valence-electron chi connectivity index (χ0n) is 8.84. The Morgan fingerprint density at radius 1 is 1.40 bits per heavy atom. The van der Waals surface area contributed by atoms with Crippen LogP contribution in [0, 0.1) is 0 Å². The van der Waals surface area contributed by atoms with Crippen LogP contribution in [-0.4, -0.2) is 28.2 Å². The lowest BCUT2D eigenvalue weighted by Crippen LogP contribution is -2.32. The van der Waals surface area contributed by atoms with E-state index < -0.39 is 18.0 Å². The molecule has 0 heterocycles. The number of carbonyl (C=O) groups is 2. The highest BCUT2D eigenvalue weighted by molar-refractivity contribution is 5.87. The highest BCUT2D eigenvalue weighted by Crippen LogP contribution is 2.06. The molecule has 0 radical (unpaired) electrons. The summed E-state index contributed by atoms with van der Waals surface area (Å²) in [5, 5.41) is 12.4. The number of carboxylic acid groups (broad SMARTS) is 2. The van der Waals surface area contributed by atoms with Gasteiger partial charge < -0.3 is 15.9 Å². The van der Waals surface area contributed by atoms with Gasteiger partial charge >= 0.3 is 11.9 Å². The van der Waals surface area contributed by atoms with E-state index in [0.29, 0.717) is 5.56 Å². The number of nitrogens with two attached hydrogens (primary N) is 1. The molecule has 4 N–H and O–H groups in total. The minimum Gasteiger partial charge on any atom is -0.480 e. The average molecular weight is 210 g/mol. The molecule has 0 saturated carbocycles. The van der Waals surface area contributed by atoms with Gasteiger partial charge in [-0.1, -0.05) is 12.1 Å². The molecule has 15 heavy (non-hydrogen) atoms. The maximum Gasteiger partial charge on any atom is 0.335 e. The smallest absolute Gasteiger partial charge is 0.335 e. The number of aliphatic carboxylic acids is 1. The number of rotatable bonds is 4. The van der Waals surface area contributed by atoms with E-state index in [1.165, 1.54) is 12.1 Å². The van der Waals surface area contributed by atoms with Crippen molar-refractivity contribution < 1.29 is 19.8 Å². The quantitative estimate of drug-likeness (QED) is 0.665. The highest BCUT2D eigenvalue weighted by atomic mass is 16.4. The van der Waals surface area contributed by atoms with Crippen molar-refractivity contribution in [3.63, 3.8) is 0 Å². The number of hydrogen-bond acceptors (Lipinski definition) is 4. The lowest BCUT2D eigenvalue weighted by molar-refractivity contribution is -0.138. The van der Waals surface area contributed by atoms with E-state index in [9.17, 15) is 9.59 Å². The van der Waals surface area contributed by atoms with Crippen LogP contribution in [0.3, 0.4) is 0 Å². The Bertz CT molecular complexity index is 390. The van der Waals surface area contributed by atoms with Crippen molar-refractivity contribution in [3.8, 4) is 0 Å². The van der Waals surface area contributed by atoms with Gasteiger partial charge in [0.05, 0.1) is 5.56 Å². The van der Waals surface area contributed by atoms with Gasteiger partial charge in [-0.05, 0) is 24.1 Å². The lowest BCUT2D eigenvalue weighted by atomic mass is 10.0. The fourth-order valence-electron chi connectivity index (χ4n) is 1.12. The second kappa shape index (κ2) is 4.56. The summed E-state index contributed by atoms with van der Waals surface area (Å²) in [6, 6.07) is 5.11. The minimum atomic E-state index is -1.07. The second-order valence-electron chi connectivity index (χ2n) is 3.13. The third-order valence-corrected chi connectivity index (χ3v) is 1.96. The Balaban J connectivity index is 2.72. The molecule has 5 nitrogen and oxygen atoms in total. The van der Waals surface area contributed by atoms with Crippen LogP contribution in [0.5, 0.6) is 0 Å². The average Bonchev–Trinajstić information content (AvgIpc) is 2.28. The Hall–Kier alpha value is -1.88. The molecule has 0 bridgehead atoms. The fourth-order valence-corrected chi connectivity index (χ4v) is 1.12. The summed E-state index contributed by atoms with van der Waals surface area (Å²) in [5.74, 6) is -1.83. The number of carboxylic acids is 2. The van der Waals surface area contributed by atoms with Gasteiger partial charge in [-0.3, -0.25) is 4.79 Å². The third kappa shape index (κ3) is 3.07. The first-order chi connectivity index (χ1) is 7.54. The predicted octanol–water partition coefficient (Wildman–Crippen LogP) is 0.339. The molecular formula is C10H11NO4. The molecule has 0 aliphatic heterocycles. The van der Waals surface area contributed by atoms with E-state index >= 15 is 0 Å². The van der Waals surface area contributed by atoms with Crippen LogP contribution in [-0.2, 0) is 11.2 Å². The van der Waals surface area contributed by atoms with E-state index in [0.717, 1.165) is 0 Å². The maximum absolute atomic E-state index is 10.9. The van der Waals surface area contributed by atoms with Gasteiger partial charge in [0.2, 0.25) is 0 Å². The summed E-state index contributed by atoms with van der Waals surface area (Å²) in [7, 11) is 0. The largest absolute Gasteiger partial charge is 0.480 e. The van der Waals surface area contributed by atoms with Crippen LogP contribution < -0.4 is 5.73 Å². The van der Waals surface area contributed by atoms with Crippen molar-refractivity contribution in [1.29, 1.82) is 1.43 Å². The number of hydrogen-bond donors (Lipinski definition) is 3. The molecule has 0 saturated heterocycles. The summed E-state index contributed by atoms with van der Waals surface area (Å²) in [6.07, 6.45) is 0.186. The first-order valence-electron chi connectivity index (χ1n) is 4.70. The molecule has 0 spiro atoms. The summed E-state index contributed by atoms with van der Waals surface area (Å²) < 4.78 is 6.42. The van der Waals surface area contributed by atoms with Gasteiger partial charge in [0.25, 0.3) is 1.43 Å². The summed E-state index contributed by atoms with van der Waals surface area (Å²) >= 11 is 0. The molecule has 0 unspecified atom stereocenters. The van der Waals surface area contributed by atoms with Gasteiger partial charge in [-0.2, -0.15) is 0 Å². The highest BCUT2D eigenvalue weighted by Gasteiger charge is 2.12. The first-order valence-corrected chi connectivity index (χ1v) is 4.29. The first kappa shape index (κ1) is 9.67. The molecule has 0 fully saturated rings. The molecule has 1 atom stereocenters. The molecule has 1 aromatic carbocycles. The Labute approximate surface area is 87.6 Å². The zero-order chi connectivity index (χ0) is 12.1. The monoisotopic (exact) mass is 210 g/mol. The molecule has 0 aliphatic carbocycles. The van der Waals surface area contributed by atoms with Crippen LogP contribution in [0.4, 0.5) is 0 Å². The normalized spacial score (nSPS) is 12.7. The van der Waals surface area contributed by atoms with Crippen molar-refractivity contribution in [3.05, 3.63) is 35.4 Å².